The van der Waals surface area contributed by atoms with Crippen molar-refractivity contribution in [2.24, 2.45) is 5.73 Å². The van der Waals surface area contributed by atoms with Crippen molar-refractivity contribution < 1.29 is 14.3 Å². The second-order valence-corrected chi connectivity index (χ2v) is 4.23. The molecule has 110 valence electrons. The van der Waals surface area contributed by atoms with Gasteiger partial charge in [-0.25, -0.2) is 0 Å². The molecule has 0 bridgehead atoms. The predicted octanol–water partition coefficient (Wildman–Crippen LogP) is 0.740. The summed E-state index contributed by atoms with van der Waals surface area (Å²) in [5.41, 5.74) is 6.30. The number of nitrogens with one attached hydrogen (secondary N) is 2. The molecule has 0 saturated heterocycles. The van der Waals surface area contributed by atoms with Crippen molar-refractivity contribution in [3.63, 3.8) is 0 Å². The van der Waals surface area contributed by atoms with E-state index in [-0.39, 0.29) is 11.8 Å². The first-order valence-corrected chi connectivity index (χ1v) is 6.55. The summed E-state index contributed by atoms with van der Waals surface area (Å²) >= 11 is 0. The number of anilines is 1. The summed E-state index contributed by atoms with van der Waals surface area (Å²) in [5, 5.41) is 5.45. The number of rotatable bonds is 8. The normalized spacial score (nSPS) is 10.1. The van der Waals surface area contributed by atoms with Gasteiger partial charge in [0.05, 0.1) is 17.9 Å². The van der Waals surface area contributed by atoms with Crippen molar-refractivity contribution in [1.29, 1.82) is 0 Å². The first-order valence-electron chi connectivity index (χ1n) is 6.55. The Hall–Kier alpha value is -1.92. The SMILES string of the molecule is COCCNC(=O)c1ccccc1NC(=O)CCCN. The number of nitrogens with two attached hydrogens (primary N) is 1. The lowest BCUT2D eigenvalue weighted by molar-refractivity contribution is -0.116. The molecule has 0 fully saturated rings. The van der Waals surface area contributed by atoms with Gasteiger partial charge in [-0.2, -0.15) is 0 Å². The van der Waals surface area contributed by atoms with Gasteiger partial charge < -0.3 is 21.1 Å². The molecule has 0 unspecified atom stereocenters. The van der Waals surface area contributed by atoms with Gasteiger partial charge in [-0.1, -0.05) is 12.1 Å². The molecule has 0 heterocycles. The highest BCUT2D eigenvalue weighted by molar-refractivity contribution is 6.03. The Balaban J connectivity index is 2.67. The predicted molar refractivity (Wildman–Crippen MR) is 77.6 cm³/mol. The van der Waals surface area contributed by atoms with Crippen molar-refractivity contribution >= 4 is 17.5 Å². The number of ether oxygens (including phenoxy) is 1. The number of carbonyl (C=O) groups excluding carboxylic acids is 2. The van der Waals surface area contributed by atoms with E-state index in [0.29, 0.717) is 43.8 Å². The second-order valence-electron chi connectivity index (χ2n) is 4.23. The monoisotopic (exact) mass is 279 g/mol. The van der Waals surface area contributed by atoms with E-state index in [0.717, 1.165) is 0 Å². The number of hydrogen-bond donors (Lipinski definition) is 3. The maximum absolute atomic E-state index is 12.0. The molecule has 0 aromatic heterocycles. The number of carbonyl (C=O) groups is 2. The fourth-order valence-electron chi connectivity index (χ4n) is 1.63. The molecule has 0 aliphatic heterocycles. The molecule has 4 N–H and O–H groups in total. The van der Waals surface area contributed by atoms with Crippen LogP contribution in [0.5, 0.6) is 0 Å². The minimum atomic E-state index is -0.239. The summed E-state index contributed by atoms with van der Waals surface area (Å²) in [6.07, 6.45) is 0.962. The maximum Gasteiger partial charge on any atom is 0.253 e. The van der Waals surface area contributed by atoms with Gasteiger partial charge in [-0.15, -0.1) is 0 Å². The van der Waals surface area contributed by atoms with Crippen LogP contribution < -0.4 is 16.4 Å². The molecule has 0 saturated carbocycles. The molecule has 6 nitrogen and oxygen atoms in total. The standard InChI is InChI=1S/C14H21N3O3/c1-20-10-9-16-14(19)11-5-2-3-6-12(11)17-13(18)7-4-8-15/h2-3,5-6H,4,7-10,15H2,1H3,(H,16,19)(H,17,18). The molecule has 0 radical (unpaired) electrons. The van der Waals surface area contributed by atoms with E-state index in [1.807, 2.05) is 0 Å². The molecule has 2 amide bonds. The van der Waals surface area contributed by atoms with Gasteiger partial charge >= 0.3 is 0 Å². The summed E-state index contributed by atoms with van der Waals surface area (Å²) in [4.78, 5) is 23.7. The summed E-state index contributed by atoms with van der Waals surface area (Å²) in [7, 11) is 1.57. The largest absolute Gasteiger partial charge is 0.383 e. The average Bonchev–Trinajstić information content (AvgIpc) is 2.46. The molecule has 0 aliphatic carbocycles. The molecule has 1 aromatic rings. The maximum atomic E-state index is 12.0. The van der Waals surface area contributed by atoms with Gasteiger partial charge in [0.1, 0.15) is 0 Å². The average molecular weight is 279 g/mol. The molecular weight excluding hydrogens is 258 g/mol. The quantitative estimate of drug-likeness (QED) is 0.612. The highest BCUT2D eigenvalue weighted by atomic mass is 16.5. The summed E-state index contributed by atoms with van der Waals surface area (Å²) in [6, 6.07) is 6.89. The van der Waals surface area contributed by atoms with Crippen LogP contribution in [-0.4, -0.2) is 38.6 Å². The van der Waals surface area contributed by atoms with Crippen LogP contribution in [-0.2, 0) is 9.53 Å². The first-order chi connectivity index (χ1) is 9.69. The third-order valence-corrected chi connectivity index (χ3v) is 2.65. The number of para-hydroxylation sites is 1. The Labute approximate surface area is 118 Å². The number of benzene rings is 1. The van der Waals surface area contributed by atoms with E-state index in [1.165, 1.54) is 0 Å². The molecule has 0 aliphatic rings. The highest BCUT2D eigenvalue weighted by Gasteiger charge is 2.12. The van der Waals surface area contributed by atoms with Crippen LogP contribution in [0.25, 0.3) is 0 Å². The van der Waals surface area contributed by atoms with Gasteiger partial charge in [0.25, 0.3) is 5.91 Å². The summed E-state index contributed by atoms with van der Waals surface area (Å²) in [5.74, 6) is -0.385. The molecule has 0 spiro atoms. The van der Waals surface area contributed by atoms with Crippen molar-refractivity contribution in [1.82, 2.24) is 5.32 Å². The Morgan fingerprint density at radius 3 is 2.75 bits per heavy atom. The van der Waals surface area contributed by atoms with Crippen molar-refractivity contribution in [2.45, 2.75) is 12.8 Å². The minimum absolute atomic E-state index is 0.146. The third-order valence-electron chi connectivity index (χ3n) is 2.65. The van der Waals surface area contributed by atoms with E-state index in [1.54, 1.807) is 31.4 Å². The lowest BCUT2D eigenvalue weighted by atomic mass is 10.1. The lowest BCUT2D eigenvalue weighted by Crippen LogP contribution is -2.28. The van der Waals surface area contributed by atoms with E-state index < -0.39 is 0 Å². The Morgan fingerprint density at radius 2 is 2.05 bits per heavy atom. The van der Waals surface area contributed by atoms with Gasteiger partial charge in [0.2, 0.25) is 5.91 Å². The van der Waals surface area contributed by atoms with Gasteiger partial charge in [0, 0.05) is 20.1 Å². The van der Waals surface area contributed by atoms with E-state index >= 15 is 0 Å². The zero-order chi connectivity index (χ0) is 14.8. The lowest BCUT2D eigenvalue weighted by Gasteiger charge is -2.11. The Kier molecular flexibility index (Phi) is 7.31. The van der Waals surface area contributed by atoms with Crippen LogP contribution in [0.15, 0.2) is 24.3 Å². The second kappa shape index (κ2) is 9.06. The highest BCUT2D eigenvalue weighted by Crippen LogP contribution is 2.15. The van der Waals surface area contributed by atoms with Crippen LogP contribution >= 0.6 is 0 Å². The van der Waals surface area contributed by atoms with Crippen LogP contribution in [0, 0.1) is 0 Å². The van der Waals surface area contributed by atoms with Gasteiger partial charge in [-0.05, 0) is 25.1 Å². The number of amides is 2. The number of hydrogen-bond acceptors (Lipinski definition) is 4. The van der Waals surface area contributed by atoms with Gasteiger partial charge in [0.15, 0.2) is 0 Å². The summed E-state index contributed by atoms with van der Waals surface area (Å²) in [6.45, 7) is 1.33. The Morgan fingerprint density at radius 1 is 1.30 bits per heavy atom. The van der Waals surface area contributed by atoms with E-state index in [2.05, 4.69) is 10.6 Å². The van der Waals surface area contributed by atoms with Crippen LogP contribution in [0.3, 0.4) is 0 Å². The molecule has 0 atom stereocenters. The fourth-order valence-corrected chi connectivity index (χ4v) is 1.63. The fraction of sp³-hybridized carbons (Fsp3) is 0.429. The third kappa shape index (κ3) is 5.38. The van der Waals surface area contributed by atoms with E-state index in [4.69, 9.17) is 10.5 Å². The Bertz CT molecular complexity index is 449. The van der Waals surface area contributed by atoms with Crippen LogP contribution in [0.4, 0.5) is 5.69 Å². The molecule has 1 rings (SSSR count). The van der Waals surface area contributed by atoms with Crippen molar-refractivity contribution in [3.8, 4) is 0 Å². The molecule has 1 aromatic carbocycles. The smallest absolute Gasteiger partial charge is 0.253 e. The van der Waals surface area contributed by atoms with Crippen molar-refractivity contribution in [2.75, 3.05) is 32.1 Å². The molecule has 6 heteroatoms. The zero-order valence-corrected chi connectivity index (χ0v) is 11.6. The topological polar surface area (TPSA) is 93.5 Å². The van der Waals surface area contributed by atoms with Crippen molar-refractivity contribution in [3.05, 3.63) is 29.8 Å². The van der Waals surface area contributed by atoms with Crippen LogP contribution in [0.2, 0.25) is 0 Å². The molecule has 20 heavy (non-hydrogen) atoms. The minimum Gasteiger partial charge on any atom is -0.383 e. The van der Waals surface area contributed by atoms with Gasteiger partial charge in [-0.3, -0.25) is 9.59 Å². The molecular formula is C14H21N3O3. The summed E-state index contributed by atoms with van der Waals surface area (Å²) < 4.78 is 4.87. The zero-order valence-electron chi connectivity index (χ0n) is 11.6. The van der Waals surface area contributed by atoms with E-state index in [9.17, 15) is 9.59 Å². The van der Waals surface area contributed by atoms with Crippen LogP contribution in [0.1, 0.15) is 23.2 Å². The first kappa shape index (κ1) is 16.1. The number of methoxy groups -OCH3 is 1.